The molecular weight excluding hydrogens is 292 g/mol. The van der Waals surface area contributed by atoms with Crippen molar-refractivity contribution in [2.24, 2.45) is 11.7 Å². The Morgan fingerprint density at radius 1 is 1.22 bits per heavy atom. The number of methoxy groups -OCH3 is 1. The molecule has 1 aromatic carbocycles. The van der Waals surface area contributed by atoms with Gasteiger partial charge in [-0.05, 0) is 49.9 Å². The summed E-state index contributed by atoms with van der Waals surface area (Å²) in [6, 6.07) is 0. The fourth-order valence-electron chi connectivity index (χ4n) is 1.91. The Morgan fingerprint density at radius 3 is 2.33 bits per heavy atom. The number of benzene rings is 1. The van der Waals surface area contributed by atoms with E-state index in [9.17, 15) is 0 Å². The number of nitrogens with one attached hydrogen (secondary N) is 1. The Kier molecular flexibility index (Phi) is 5.47. The fraction of sp³-hybridized carbons (Fsp3) is 0.571. The lowest BCUT2D eigenvalue weighted by Crippen LogP contribution is -2.20. The molecule has 0 radical (unpaired) electrons. The highest BCUT2D eigenvalue weighted by molar-refractivity contribution is 9.10. The average Bonchev–Trinajstić information content (AvgIpc) is 2.38. The summed E-state index contributed by atoms with van der Waals surface area (Å²) in [5.74, 6) is 1.37. The van der Waals surface area contributed by atoms with Gasteiger partial charge in [0.15, 0.2) is 0 Å². The number of hydrogen-bond acceptors (Lipinski definition) is 3. The Bertz CT molecular complexity index is 433. The van der Waals surface area contributed by atoms with E-state index < -0.39 is 0 Å². The molecule has 102 valence electrons. The van der Waals surface area contributed by atoms with Crippen LogP contribution in [0.2, 0.25) is 0 Å². The minimum atomic E-state index is 0.439. The van der Waals surface area contributed by atoms with Gasteiger partial charge in [-0.15, -0.1) is 0 Å². The van der Waals surface area contributed by atoms with Crippen LogP contribution in [0.4, 0.5) is 5.69 Å². The monoisotopic (exact) mass is 314 g/mol. The van der Waals surface area contributed by atoms with Crippen LogP contribution >= 0.6 is 15.9 Å². The second-order valence-electron chi connectivity index (χ2n) is 4.82. The molecule has 1 unspecified atom stereocenters. The summed E-state index contributed by atoms with van der Waals surface area (Å²) in [5, 5.41) is 3.46. The van der Waals surface area contributed by atoms with E-state index in [1.807, 2.05) is 0 Å². The number of ether oxygens (including phenoxy) is 1. The van der Waals surface area contributed by atoms with E-state index in [1.54, 1.807) is 7.11 Å². The number of rotatable bonds is 5. The molecule has 0 heterocycles. The maximum absolute atomic E-state index is 5.65. The summed E-state index contributed by atoms with van der Waals surface area (Å²) in [6.07, 6.45) is 0. The van der Waals surface area contributed by atoms with Gasteiger partial charge in [0.25, 0.3) is 0 Å². The van der Waals surface area contributed by atoms with Crippen LogP contribution in [0.25, 0.3) is 0 Å². The van der Waals surface area contributed by atoms with E-state index in [-0.39, 0.29) is 0 Å². The van der Waals surface area contributed by atoms with Crippen molar-refractivity contribution in [1.29, 1.82) is 0 Å². The second kappa shape index (κ2) is 6.43. The Labute approximate surface area is 118 Å². The van der Waals surface area contributed by atoms with Crippen molar-refractivity contribution in [3.63, 3.8) is 0 Å². The van der Waals surface area contributed by atoms with E-state index in [0.29, 0.717) is 12.5 Å². The SMILES string of the molecule is COc1c(C)c(C)c(Br)c(C)c1NCC(C)CN. The molecule has 1 rings (SSSR count). The summed E-state index contributed by atoms with van der Waals surface area (Å²) in [7, 11) is 1.71. The predicted molar refractivity (Wildman–Crippen MR) is 81.6 cm³/mol. The lowest BCUT2D eigenvalue weighted by Gasteiger charge is -2.21. The quantitative estimate of drug-likeness (QED) is 0.875. The zero-order valence-electron chi connectivity index (χ0n) is 11.9. The van der Waals surface area contributed by atoms with Crippen molar-refractivity contribution in [1.82, 2.24) is 0 Å². The minimum absolute atomic E-state index is 0.439. The van der Waals surface area contributed by atoms with Crippen LogP contribution in [0.3, 0.4) is 0 Å². The lowest BCUT2D eigenvalue weighted by molar-refractivity contribution is 0.412. The third kappa shape index (κ3) is 2.98. The van der Waals surface area contributed by atoms with E-state index in [1.165, 1.54) is 11.1 Å². The topological polar surface area (TPSA) is 47.3 Å². The van der Waals surface area contributed by atoms with E-state index in [4.69, 9.17) is 10.5 Å². The smallest absolute Gasteiger partial charge is 0.145 e. The van der Waals surface area contributed by atoms with Crippen LogP contribution in [-0.2, 0) is 0 Å². The van der Waals surface area contributed by atoms with Gasteiger partial charge in [-0.3, -0.25) is 0 Å². The summed E-state index contributed by atoms with van der Waals surface area (Å²) in [5.41, 5.74) is 10.3. The molecule has 0 saturated heterocycles. The molecular formula is C14H23BrN2O. The van der Waals surface area contributed by atoms with Crippen LogP contribution < -0.4 is 15.8 Å². The van der Waals surface area contributed by atoms with Crippen LogP contribution in [0.1, 0.15) is 23.6 Å². The highest BCUT2D eigenvalue weighted by Gasteiger charge is 2.16. The van der Waals surface area contributed by atoms with Crippen molar-refractivity contribution < 1.29 is 4.74 Å². The van der Waals surface area contributed by atoms with Crippen LogP contribution in [-0.4, -0.2) is 20.2 Å². The molecule has 1 aromatic rings. The Morgan fingerprint density at radius 2 is 1.83 bits per heavy atom. The van der Waals surface area contributed by atoms with Crippen LogP contribution in [0.15, 0.2) is 4.47 Å². The van der Waals surface area contributed by atoms with Crippen LogP contribution in [0.5, 0.6) is 5.75 Å². The number of halogens is 1. The van der Waals surface area contributed by atoms with Gasteiger partial charge in [0.1, 0.15) is 5.75 Å². The van der Waals surface area contributed by atoms with Gasteiger partial charge in [0.2, 0.25) is 0 Å². The first-order chi connectivity index (χ1) is 8.43. The predicted octanol–water partition coefficient (Wildman–Crippen LogP) is 3.39. The van der Waals surface area contributed by atoms with Gasteiger partial charge in [-0.25, -0.2) is 0 Å². The summed E-state index contributed by atoms with van der Waals surface area (Å²) in [4.78, 5) is 0. The van der Waals surface area contributed by atoms with Crippen LogP contribution in [0, 0.1) is 26.7 Å². The van der Waals surface area contributed by atoms with Gasteiger partial charge in [0, 0.05) is 11.0 Å². The molecule has 0 aliphatic carbocycles. The first-order valence-electron chi connectivity index (χ1n) is 6.21. The molecule has 18 heavy (non-hydrogen) atoms. The molecule has 3 nitrogen and oxygen atoms in total. The fourth-order valence-corrected chi connectivity index (χ4v) is 2.41. The van der Waals surface area contributed by atoms with Gasteiger partial charge in [0.05, 0.1) is 12.8 Å². The maximum atomic E-state index is 5.65. The largest absolute Gasteiger partial charge is 0.494 e. The van der Waals surface area contributed by atoms with E-state index in [0.717, 1.165) is 28.0 Å². The minimum Gasteiger partial charge on any atom is -0.494 e. The summed E-state index contributed by atoms with van der Waals surface area (Å²) < 4.78 is 6.69. The molecule has 1 atom stereocenters. The van der Waals surface area contributed by atoms with Gasteiger partial charge in [-0.1, -0.05) is 22.9 Å². The van der Waals surface area contributed by atoms with Crippen molar-refractivity contribution in [2.75, 3.05) is 25.5 Å². The average molecular weight is 315 g/mol. The highest BCUT2D eigenvalue weighted by Crippen LogP contribution is 2.39. The second-order valence-corrected chi connectivity index (χ2v) is 5.61. The third-order valence-electron chi connectivity index (χ3n) is 3.40. The molecule has 0 aromatic heterocycles. The Hall–Kier alpha value is -0.740. The van der Waals surface area contributed by atoms with Crippen molar-refractivity contribution >= 4 is 21.6 Å². The van der Waals surface area contributed by atoms with Crippen molar-refractivity contribution in [3.05, 3.63) is 21.2 Å². The van der Waals surface area contributed by atoms with Crippen molar-refractivity contribution in [2.45, 2.75) is 27.7 Å². The first-order valence-corrected chi connectivity index (χ1v) is 7.00. The molecule has 0 bridgehead atoms. The van der Waals surface area contributed by atoms with E-state index >= 15 is 0 Å². The molecule has 0 amide bonds. The summed E-state index contributed by atoms with van der Waals surface area (Å²) >= 11 is 3.65. The molecule has 0 aliphatic heterocycles. The molecule has 0 spiro atoms. The maximum Gasteiger partial charge on any atom is 0.145 e. The third-order valence-corrected chi connectivity index (χ3v) is 4.59. The van der Waals surface area contributed by atoms with Crippen molar-refractivity contribution in [3.8, 4) is 5.75 Å². The number of hydrogen-bond donors (Lipinski definition) is 2. The Balaban J connectivity index is 3.16. The van der Waals surface area contributed by atoms with Gasteiger partial charge >= 0.3 is 0 Å². The molecule has 0 fully saturated rings. The summed E-state index contributed by atoms with van der Waals surface area (Å²) in [6.45, 7) is 9.93. The van der Waals surface area contributed by atoms with Gasteiger partial charge in [-0.2, -0.15) is 0 Å². The normalized spacial score (nSPS) is 12.4. The standard InChI is InChI=1S/C14H23BrN2O/c1-8(6-16)7-17-13-11(4)12(15)9(2)10(3)14(13)18-5/h8,17H,6-7,16H2,1-5H3. The zero-order valence-corrected chi connectivity index (χ0v) is 13.4. The number of anilines is 1. The molecule has 4 heteroatoms. The molecule has 3 N–H and O–H groups in total. The molecule has 0 saturated carbocycles. The van der Waals surface area contributed by atoms with Gasteiger partial charge < -0.3 is 15.8 Å². The molecule has 0 aliphatic rings. The van der Waals surface area contributed by atoms with E-state index in [2.05, 4.69) is 48.9 Å². The first kappa shape index (κ1) is 15.3. The lowest BCUT2D eigenvalue weighted by atomic mass is 10.0. The highest BCUT2D eigenvalue weighted by atomic mass is 79.9. The zero-order chi connectivity index (χ0) is 13.9. The number of nitrogens with two attached hydrogens (primary N) is 1.